The van der Waals surface area contributed by atoms with Crippen molar-refractivity contribution in [1.82, 2.24) is 15.2 Å². The Hall–Kier alpha value is -2.86. The van der Waals surface area contributed by atoms with E-state index in [0.29, 0.717) is 11.8 Å². The largest absolute Gasteiger partial charge is 0.372 e. The lowest BCUT2D eigenvalue weighted by molar-refractivity contribution is 0.866. The number of anilines is 4. The van der Waals surface area contributed by atoms with E-state index in [1.54, 1.807) is 6.20 Å². The fourth-order valence-corrected chi connectivity index (χ4v) is 3.03. The Morgan fingerprint density at radius 1 is 0.964 bits per heavy atom. The molecule has 2 N–H and O–H groups in total. The molecule has 3 rings (SSSR count). The molecular formula is C21H25ClN6. The van der Waals surface area contributed by atoms with E-state index in [4.69, 9.17) is 11.6 Å². The highest BCUT2D eigenvalue weighted by Gasteiger charge is 2.04. The number of benzene rings is 2. The second-order valence-corrected chi connectivity index (χ2v) is 6.75. The van der Waals surface area contributed by atoms with Crippen LogP contribution in [0, 0.1) is 0 Å². The fourth-order valence-electron chi connectivity index (χ4n) is 2.90. The summed E-state index contributed by atoms with van der Waals surface area (Å²) in [6.07, 6.45) is 2.49. The van der Waals surface area contributed by atoms with E-state index < -0.39 is 0 Å². The smallest absolute Gasteiger partial charge is 0.249 e. The molecule has 0 aliphatic heterocycles. The lowest BCUT2D eigenvalue weighted by Gasteiger charge is -2.21. The second kappa shape index (κ2) is 9.90. The molecule has 1 heterocycles. The average molecular weight is 397 g/mol. The van der Waals surface area contributed by atoms with Crippen LogP contribution in [0.1, 0.15) is 19.4 Å². The summed E-state index contributed by atoms with van der Waals surface area (Å²) in [4.78, 5) is 6.77. The van der Waals surface area contributed by atoms with Crippen molar-refractivity contribution in [3.05, 3.63) is 65.3 Å². The van der Waals surface area contributed by atoms with E-state index in [9.17, 15) is 0 Å². The number of halogens is 1. The predicted molar refractivity (Wildman–Crippen MR) is 117 cm³/mol. The van der Waals surface area contributed by atoms with Crippen LogP contribution in [0.5, 0.6) is 0 Å². The van der Waals surface area contributed by atoms with Crippen LogP contribution in [-0.4, -0.2) is 34.8 Å². The van der Waals surface area contributed by atoms with Gasteiger partial charge in [0.2, 0.25) is 5.95 Å². The molecule has 0 fully saturated rings. The van der Waals surface area contributed by atoms with E-state index in [1.165, 1.54) is 11.3 Å². The third-order valence-electron chi connectivity index (χ3n) is 4.44. The number of nitrogens with zero attached hydrogens (tertiary/aromatic N) is 4. The standard InChI is InChI=1S/C21H25ClN6/c1-3-28(4-2)19-11-9-18(10-12-19)25-21-26-20(15-24-27-21)23-14-13-16-5-7-17(22)8-6-16/h5-12,15H,3-4,13-14H2,1-2H3,(H2,23,25,26,27). The van der Waals surface area contributed by atoms with Gasteiger partial charge in [-0.25, -0.2) is 0 Å². The topological polar surface area (TPSA) is 66.0 Å². The highest BCUT2D eigenvalue weighted by molar-refractivity contribution is 6.30. The molecule has 1 aromatic heterocycles. The van der Waals surface area contributed by atoms with Crippen molar-refractivity contribution >= 4 is 34.7 Å². The zero-order valence-corrected chi connectivity index (χ0v) is 16.9. The second-order valence-electron chi connectivity index (χ2n) is 6.31. The van der Waals surface area contributed by atoms with Gasteiger partial charge < -0.3 is 15.5 Å². The van der Waals surface area contributed by atoms with Gasteiger partial charge in [-0.1, -0.05) is 23.7 Å². The third kappa shape index (κ3) is 5.57. The Morgan fingerprint density at radius 3 is 2.36 bits per heavy atom. The van der Waals surface area contributed by atoms with Crippen molar-refractivity contribution in [2.24, 2.45) is 0 Å². The molecule has 0 saturated carbocycles. The number of aromatic nitrogens is 3. The summed E-state index contributed by atoms with van der Waals surface area (Å²) in [7, 11) is 0. The van der Waals surface area contributed by atoms with Gasteiger partial charge in [0.15, 0.2) is 5.82 Å². The monoisotopic (exact) mass is 396 g/mol. The molecule has 6 nitrogen and oxygen atoms in total. The van der Waals surface area contributed by atoms with Crippen molar-refractivity contribution in [2.75, 3.05) is 35.2 Å². The fraction of sp³-hybridized carbons (Fsp3) is 0.286. The Labute approximate surface area is 171 Å². The van der Waals surface area contributed by atoms with Crippen LogP contribution in [0.25, 0.3) is 0 Å². The summed E-state index contributed by atoms with van der Waals surface area (Å²) < 4.78 is 0. The van der Waals surface area contributed by atoms with Crippen molar-refractivity contribution in [1.29, 1.82) is 0 Å². The van der Waals surface area contributed by atoms with Crippen LogP contribution in [0.4, 0.5) is 23.1 Å². The minimum absolute atomic E-state index is 0.465. The quantitative estimate of drug-likeness (QED) is 0.543. The molecule has 146 valence electrons. The highest BCUT2D eigenvalue weighted by Crippen LogP contribution is 2.20. The molecule has 0 spiro atoms. The molecule has 0 aliphatic carbocycles. The maximum atomic E-state index is 5.91. The summed E-state index contributed by atoms with van der Waals surface area (Å²) in [5, 5.41) is 15.3. The molecule has 0 atom stereocenters. The molecule has 0 radical (unpaired) electrons. The van der Waals surface area contributed by atoms with Crippen molar-refractivity contribution < 1.29 is 0 Å². The van der Waals surface area contributed by atoms with Crippen molar-refractivity contribution in [3.63, 3.8) is 0 Å². The molecule has 7 heteroatoms. The van der Waals surface area contributed by atoms with Crippen LogP contribution in [0.2, 0.25) is 5.02 Å². The molecular weight excluding hydrogens is 372 g/mol. The van der Waals surface area contributed by atoms with Crippen LogP contribution in [0.15, 0.2) is 54.7 Å². The maximum absolute atomic E-state index is 5.91. The lowest BCUT2D eigenvalue weighted by Crippen LogP contribution is -2.21. The number of rotatable bonds is 9. The van der Waals surface area contributed by atoms with E-state index in [-0.39, 0.29) is 0 Å². The summed E-state index contributed by atoms with van der Waals surface area (Å²) in [5.41, 5.74) is 3.34. The van der Waals surface area contributed by atoms with E-state index in [2.05, 4.69) is 56.7 Å². The van der Waals surface area contributed by atoms with Gasteiger partial charge >= 0.3 is 0 Å². The predicted octanol–water partition coefficient (Wildman–Crippen LogP) is 4.77. The first-order chi connectivity index (χ1) is 13.7. The molecule has 0 bridgehead atoms. The van der Waals surface area contributed by atoms with Gasteiger partial charge in [-0.2, -0.15) is 10.1 Å². The average Bonchev–Trinajstić information content (AvgIpc) is 2.72. The van der Waals surface area contributed by atoms with Gasteiger partial charge in [0.05, 0.1) is 6.20 Å². The summed E-state index contributed by atoms with van der Waals surface area (Å²) >= 11 is 5.91. The van der Waals surface area contributed by atoms with Gasteiger partial charge in [0.1, 0.15) is 0 Å². The van der Waals surface area contributed by atoms with Gasteiger partial charge in [0.25, 0.3) is 0 Å². The minimum atomic E-state index is 0.465. The summed E-state index contributed by atoms with van der Waals surface area (Å²) in [6, 6.07) is 16.1. The Kier molecular flexibility index (Phi) is 7.03. The molecule has 0 unspecified atom stereocenters. The SMILES string of the molecule is CCN(CC)c1ccc(Nc2nncc(NCCc3ccc(Cl)cc3)n2)cc1. The minimum Gasteiger partial charge on any atom is -0.372 e. The first-order valence-corrected chi connectivity index (χ1v) is 9.85. The first-order valence-electron chi connectivity index (χ1n) is 9.48. The van der Waals surface area contributed by atoms with E-state index in [1.807, 2.05) is 36.4 Å². The number of hydrogen-bond donors (Lipinski definition) is 2. The Bertz CT molecular complexity index is 863. The van der Waals surface area contributed by atoms with Crippen LogP contribution in [-0.2, 0) is 6.42 Å². The number of nitrogens with one attached hydrogen (secondary N) is 2. The van der Waals surface area contributed by atoms with Gasteiger partial charge in [-0.15, -0.1) is 5.10 Å². The highest BCUT2D eigenvalue weighted by atomic mass is 35.5. The zero-order chi connectivity index (χ0) is 19.8. The Balaban J connectivity index is 1.56. The van der Waals surface area contributed by atoms with E-state index >= 15 is 0 Å². The zero-order valence-electron chi connectivity index (χ0n) is 16.2. The third-order valence-corrected chi connectivity index (χ3v) is 4.70. The van der Waals surface area contributed by atoms with E-state index in [0.717, 1.165) is 36.8 Å². The normalized spacial score (nSPS) is 10.5. The van der Waals surface area contributed by atoms with Gasteiger partial charge in [-0.05, 0) is 62.2 Å². The molecule has 0 aliphatic rings. The van der Waals surface area contributed by atoms with Crippen LogP contribution < -0.4 is 15.5 Å². The molecule has 28 heavy (non-hydrogen) atoms. The maximum Gasteiger partial charge on any atom is 0.249 e. The Morgan fingerprint density at radius 2 is 1.68 bits per heavy atom. The molecule has 3 aromatic rings. The van der Waals surface area contributed by atoms with Crippen LogP contribution in [0.3, 0.4) is 0 Å². The molecule has 0 saturated heterocycles. The summed E-state index contributed by atoms with van der Waals surface area (Å²) in [6.45, 7) is 7.03. The number of hydrogen-bond acceptors (Lipinski definition) is 6. The molecule has 0 amide bonds. The van der Waals surface area contributed by atoms with Crippen molar-refractivity contribution in [2.45, 2.75) is 20.3 Å². The molecule has 2 aromatic carbocycles. The van der Waals surface area contributed by atoms with Gasteiger partial charge in [-0.3, -0.25) is 0 Å². The first kappa shape index (κ1) is 19.9. The van der Waals surface area contributed by atoms with Crippen molar-refractivity contribution in [3.8, 4) is 0 Å². The van der Waals surface area contributed by atoms with Gasteiger partial charge in [0, 0.05) is 36.0 Å². The lowest BCUT2D eigenvalue weighted by atomic mass is 10.1. The van der Waals surface area contributed by atoms with Crippen LogP contribution >= 0.6 is 11.6 Å². The summed E-state index contributed by atoms with van der Waals surface area (Å²) in [5.74, 6) is 1.15.